The zero-order chi connectivity index (χ0) is 15.2. The quantitative estimate of drug-likeness (QED) is 0.810. The molecule has 1 unspecified atom stereocenters. The number of rotatable bonds is 6. The first kappa shape index (κ1) is 15.7. The van der Waals surface area contributed by atoms with Gasteiger partial charge in [-0.25, -0.2) is 4.98 Å². The number of carbonyl (C=O) groups excluding carboxylic acids is 1. The zero-order valence-corrected chi connectivity index (χ0v) is 13.6. The Morgan fingerprint density at radius 3 is 2.76 bits per heavy atom. The van der Waals surface area contributed by atoms with Crippen molar-refractivity contribution in [3.05, 3.63) is 35.3 Å². The van der Waals surface area contributed by atoms with Crippen molar-refractivity contribution in [3.8, 4) is 0 Å². The molecule has 1 atom stereocenters. The van der Waals surface area contributed by atoms with E-state index in [9.17, 15) is 4.79 Å². The molecule has 1 aromatic carbocycles. The number of carbonyl (C=O) groups is 1. The monoisotopic (exact) mass is 302 g/mol. The van der Waals surface area contributed by atoms with Crippen LogP contribution in [0.5, 0.6) is 0 Å². The molecule has 2 rings (SSSR count). The summed E-state index contributed by atoms with van der Waals surface area (Å²) < 4.78 is 1.14. The molecule has 0 radical (unpaired) electrons. The predicted octanol–water partition coefficient (Wildman–Crippen LogP) is 4.25. The maximum Gasteiger partial charge on any atom is 0.244 e. The Hall–Kier alpha value is -1.68. The lowest BCUT2D eigenvalue weighted by molar-refractivity contribution is -0.117. The fourth-order valence-corrected chi connectivity index (χ4v) is 2.93. The molecular formula is C17H22N2OS. The van der Waals surface area contributed by atoms with Crippen molar-refractivity contribution in [2.24, 2.45) is 5.92 Å². The molecule has 0 aliphatic rings. The number of thiazole rings is 1. The van der Waals surface area contributed by atoms with E-state index in [0.717, 1.165) is 28.1 Å². The molecule has 0 bridgehead atoms. The average Bonchev–Trinajstić information content (AvgIpc) is 2.86. The number of nitrogens with one attached hydrogen (secondary N) is 1. The highest BCUT2D eigenvalue weighted by Gasteiger charge is 2.06. The number of aromatic nitrogens is 1. The van der Waals surface area contributed by atoms with Crippen molar-refractivity contribution in [2.75, 3.05) is 0 Å². The van der Waals surface area contributed by atoms with Crippen LogP contribution in [0.3, 0.4) is 0 Å². The summed E-state index contributed by atoms with van der Waals surface area (Å²) in [6.07, 6.45) is 5.50. The average molecular weight is 302 g/mol. The highest BCUT2D eigenvalue weighted by molar-refractivity contribution is 7.19. The molecular weight excluding hydrogens is 280 g/mol. The Kier molecular flexibility index (Phi) is 5.51. The van der Waals surface area contributed by atoms with Gasteiger partial charge in [0.1, 0.15) is 5.01 Å². The summed E-state index contributed by atoms with van der Waals surface area (Å²) in [6, 6.07) is 8.20. The van der Waals surface area contributed by atoms with E-state index in [2.05, 4.69) is 24.1 Å². The number of hydrogen-bond acceptors (Lipinski definition) is 3. The van der Waals surface area contributed by atoms with Crippen LogP contribution in [0.1, 0.15) is 38.6 Å². The highest BCUT2D eigenvalue weighted by Crippen LogP contribution is 2.22. The summed E-state index contributed by atoms with van der Waals surface area (Å²) in [4.78, 5) is 16.3. The van der Waals surface area contributed by atoms with Gasteiger partial charge in [0.2, 0.25) is 5.91 Å². The first-order valence-corrected chi connectivity index (χ1v) is 8.20. The summed E-state index contributed by atoms with van der Waals surface area (Å²) >= 11 is 1.59. The topological polar surface area (TPSA) is 42.0 Å². The maximum absolute atomic E-state index is 11.9. The van der Waals surface area contributed by atoms with Crippen LogP contribution < -0.4 is 5.32 Å². The third kappa shape index (κ3) is 4.97. The first-order valence-electron chi connectivity index (χ1n) is 7.38. The van der Waals surface area contributed by atoms with Crippen LogP contribution >= 0.6 is 11.3 Å². The minimum Gasteiger partial charge on any atom is -0.350 e. The smallest absolute Gasteiger partial charge is 0.244 e. The summed E-state index contributed by atoms with van der Waals surface area (Å²) in [5.74, 6) is 0.619. The third-order valence-electron chi connectivity index (χ3n) is 3.25. The van der Waals surface area contributed by atoms with Gasteiger partial charge in [0.15, 0.2) is 0 Å². The maximum atomic E-state index is 11.9. The second-order valence-electron chi connectivity index (χ2n) is 5.73. The molecule has 1 amide bonds. The van der Waals surface area contributed by atoms with Crippen molar-refractivity contribution in [1.29, 1.82) is 0 Å². The molecule has 2 aromatic rings. The molecule has 1 heterocycles. The van der Waals surface area contributed by atoms with E-state index in [1.165, 1.54) is 0 Å². The van der Waals surface area contributed by atoms with Crippen LogP contribution in [0.4, 0.5) is 0 Å². The first-order chi connectivity index (χ1) is 10.0. The minimum absolute atomic E-state index is 0.0505. The number of nitrogens with zero attached hydrogens (tertiary/aromatic N) is 1. The zero-order valence-electron chi connectivity index (χ0n) is 12.8. The summed E-state index contributed by atoms with van der Waals surface area (Å²) in [7, 11) is 0. The van der Waals surface area contributed by atoms with Gasteiger partial charge in [-0.05, 0) is 43.9 Å². The van der Waals surface area contributed by atoms with E-state index in [-0.39, 0.29) is 11.9 Å². The Bertz CT molecular complexity index is 598. The van der Waals surface area contributed by atoms with Crippen LogP contribution in [-0.2, 0) is 4.79 Å². The third-order valence-corrected chi connectivity index (χ3v) is 4.26. The lowest BCUT2D eigenvalue weighted by atomic mass is 10.0. The normalized spacial score (nSPS) is 13.1. The fraction of sp³-hybridized carbons (Fsp3) is 0.412. The van der Waals surface area contributed by atoms with Gasteiger partial charge in [0.25, 0.3) is 0 Å². The predicted molar refractivity (Wildman–Crippen MR) is 90.3 cm³/mol. The second-order valence-corrected chi connectivity index (χ2v) is 6.80. The van der Waals surface area contributed by atoms with Gasteiger partial charge < -0.3 is 5.32 Å². The van der Waals surface area contributed by atoms with Gasteiger partial charge in [-0.2, -0.15) is 0 Å². The van der Waals surface area contributed by atoms with Crippen LogP contribution in [0.25, 0.3) is 16.3 Å². The molecule has 0 aliphatic heterocycles. The van der Waals surface area contributed by atoms with Gasteiger partial charge in [-0.1, -0.05) is 26.0 Å². The van der Waals surface area contributed by atoms with Crippen molar-refractivity contribution in [3.63, 3.8) is 0 Å². The van der Waals surface area contributed by atoms with E-state index in [1.54, 1.807) is 23.5 Å². The molecule has 0 saturated carbocycles. The molecule has 4 heteroatoms. The standard InChI is InChI=1S/C17H22N2OS/c1-12(2)8-9-13(3)18-16(20)10-11-17-19-14-6-4-5-7-15(14)21-17/h4-7,10-13H,8-9H2,1-3H3,(H,18,20). The van der Waals surface area contributed by atoms with Crippen LogP contribution in [0.2, 0.25) is 0 Å². The molecule has 112 valence electrons. The number of amides is 1. The molecule has 0 spiro atoms. The van der Waals surface area contributed by atoms with E-state index < -0.39 is 0 Å². The molecule has 21 heavy (non-hydrogen) atoms. The number of fused-ring (bicyclic) bond motifs is 1. The molecule has 0 saturated heterocycles. The molecule has 1 aromatic heterocycles. The Morgan fingerprint density at radius 1 is 1.29 bits per heavy atom. The fourth-order valence-electron chi connectivity index (χ4n) is 2.05. The Labute approximate surface area is 130 Å². The molecule has 3 nitrogen and oxygen atoms in total. The SMILES string of the molecule is CC(C)CCC(C)NC(=O)C=Cc1nc2ccccc2s1. The minimum atomic E-state index is -0.0505. The Balaban J connectivity index is 1.89. The number of hydrogen-bond donors (Lipinski definition) is 1. The number of para-hydroxylation sites is 1. The largest absolute Gasteiger partial charge is 0.350 e. The Morgan fingerprint density at radius 2 is 2.05 bits per heavy atom. The van der Waals surface area contributed by atoms with Crippen LogP contribution in [0, 0.1) is 5.92 Å². The van der Waals surface area contributed by atoms with E-state index in [4.69, 9.17) is 0 Å². The second kappa shape index (κ2) is 7.36. The van der Waals surface area contributed by atoms with Crippen molar-refractivity contribution in [1.82, 2.24) is 10.3 Å². The van der Waals surface area contributed by atoms with Gasteiger partial charge >= 0.3 is 0 Å². The molecule has 0 aliphatic carbocycles. The van der Waals surface area contributed by atoms with E-state index >= 15 is 0 Å². The lowest BCUT2D eigenvalue weighted by Crippen LogP contribution is -2.31. The highest BCUT2D eigenvalue weighted by atomic mass is 32.1. The lowest BCUT2D eigenvalue weighted by Gasteiger charge is -2.13. The van der Waals surface area contributed by atoms with Crippen molar-refractivity contribution in [2.45, 2.75) is 39.7 Å². The molecule has 0 fully saturated rings. The van der Waals surface area contributed by atoms with Gasteiger partial charge in [-0.3, -0.25) is 4.79 Å². The summed E-state index contributed by atoms with van der Waals surface area (Å²) in [5.41, 5.74) is 0.979. The van der Waals surface area contributed by atoms with E-state index in [0.29, 0.717) is 5.92 Å². The van der Waals surface area contributed by atoms with E-state index in [1.807, 2.05) is 31.2 Å². The summed E-state index contributed by atoms with van der Waals surface area (Å²) in [6.45, 7) is 6.44. The van der Waals surface area contributed by atoms with Gasteiger partial charge in [0, 0.05) is 12.1 Å². The summed E-state index contributed by atoms with van der Waals surface area (Å²) in [5, 5.41) is 3.85. The number of benzene rings is 1. The van der Waals surface area contributed by atoms with Crippen LogP contribution in [0.15, 0.2) is 30.3 Å². The van der Waals surface area contributed by atoms with Gasteiger partial charge in [-0.15, -0.1) is 11.3 Å². The van der Waals surface area contributed by atoms with Crippen LogP contribution in [-0.4, -0.2) is 16.9 Å². The van der Waals surface area contributed by atoms with Gasteiger partial charge in [0.05, 0.1) is 10.2 Å². The van der Waals surface area contributed by atoms with Crippen molar-refractivity contribution < 1.29 is 4.79 Å². The molecule has 1 N–H and O–H groups in total. The van der Waals surface area contributed by atoms with Crippen molar-refractivity contribution >= 4 is 33.5 Å².